The molecule has 2 rings (SSSR count). The van der Waals surface area contributed by atoms with Gasteiger partial charge in [0.2, 0.25) is 5.91 Å². The van der Waals surface area contributed by atoms with Crippen LogP contribution in [0.5, 0.6) is 0 Å². The molecule has 0 spiro atoms. The average Bonchev–Trinajstić information content (AvgIpc) is 2.95. The van der Waals surface area contributed by atoms with Crippen molar-refractivity contribution in [3.8, 4) is 0 Å². The normalized spacial score (nSPS) is 24.4. The van der Waals surface area contributed by atoms with Crippen LogP contribution in [0.25, 0.3) is 0 Å². The third-order valence-electron chi connectivity index (χ3n) is 2.90. The Morgan fingerprint density at radius 1 is 1.36 bits per heavy atom. The summed E-state index contributed by atoms with van der Waals surface area (Å²) in [7, 11) is 1.85. The van der Waals surface area contributed by atoms with Crippen molar-refractivity contribution in [2.45, 2.75) is 13.3 Å². The highest BCUT2D eigenvalue weighted by atomic mass is 16.2. The van der Waals surface area contributed by atoms with Gasteiger partial charge in [-0.15, -0.1) is 0 Å². The number of carbonyl (C=O) groups is 1. The van der Waals surface area contributed by atoms with E-state index in [0.717, 1.165) is 12.1 Å². The molecule has 1 fully saturated rings. The summed E-state index contributed by atoms with van der Waals surface area (Å²) in [6.45, 7) is 2.13. The maximum atomic E-state index is 11.8. The lowest BCUT2D eigenvalue weighted by Crippen LogP contribution is -2.28. The number of nitrogens with zero attached hydrogens (tertiary/aromatic N) is 1. The summed E-state index contributed by atoms with van der Waals surface area (Å²) in [6, 6.07) is 9.79. The lowest BCUT2D eigenvalue weighted by atomic mass is 10.2. The smallest absolute Gasteiger partial charge is 0.230 e. The lowest BCUT2D eigenvalue weighted by molar-refractivity contribution is -0.119. The topological polar surface area (TPSA) is 20.3 Å². The van der Waals surface area contributed by atoms with Crippen LogP contribution >= 0.6 is 0 Å². The summed E-state index contributed by atoms with van der Waals surface area (Å²) in [5.41, 5.74) is 0.983. The molecule has 1 aliphatic rings. The first-order chi connectivity index (χ1) is 6.70. The van der Waals surface area contributed by atoms with E-state index in [1.807, 2.05) is 37.4 Å². The monoisotopic (exact) mass is 189 g/mol. The second-order valence-corrected chi connectivity index (χ2v) is 4.05. The van der Waals surface area contributed by atoms with Gasteiger partial charge in [0.15, 0.2) is 0 Å². The molecular weight excluding hydrogens is 174 g/mol. The number of hydrogen-bond donors (Lipinski definition) is 0. The minimum absolute atomic E-state index is 0.253. The Hall–Kier alpha value is -1.31. The molecule has 1 aromatic rings. The summed E-state index contributed by atoms with van der Waals surface area (Å²) in [4.78, 5) is 13.6. The standard InChI is InChI=1S/C12H15NO/c1-9-8-11(9)12(14)13(2)10-6-4-3-5-7-10/h3-7,9,11H,8H2,1-2H3. The Kier molecular flexibility index (Phi) is 2.28. The van der Waals surface area contributed by atoms with Crippen LogP contribution in [0.1, 0.15) is 13.3 Å². The van der Waals surface area contributed by atoms with E-state index in [1.165, 1.54) is 0 Å². The van der Waals surface area contributed by atoms with Crippen molar-refractivity contribution in [1.82, 2.24) is 0 Å². The van der Waals surface area contributed by atoms with Gasteiger partial charge < -0.3 is 4.90 Å². The molecule has 0 N–H and O–H groups in total. The van der Waals surface area contributed by atoms with Crippen molar-refractivity contribution in [2.24, 2.45) is 11.8 Å². The molecule has 0 saturated heterocycles. The summed E-state index contributed by atoms with van der Waals surface area (Å²) in [5.74, 6) is 1.09. The summed E-state index contributed by atoms with van der Waals surface area (Å²) < 4.78 is 0. The summed E-state index contributed by atoms with van der Waals surface area (Å²) in [5, 5.41) is 0. The fourth-order valence-electron chi connectivity index (χ4n) is 1.69. The molecule has 1 amide bonds. The number of carbonyl (C=O) groups excluding carboxylic acids is 1. The predicted molar refractivity (Wildman–Crippen MR) is 57.1 cm³/mol. The number of benzene rings is 1. The van der Waals surface area contributed by atoms with E-state index in [9.17, 15) is 4.79 Å². The van der Waals surface area contributed by atoms with Crippen LogP contribution in [0.3, 0.4) is 0 Å². The maximum Gasteiger partial charge on any atom is 0.230 e. The van der Waals surface area contributed by atoms with Crippen molar-refractivity contribution in [3.05, 3.63) is 30.3 Å². The van der Waals surface area contributed by atoms with Crippen LogP contribution in [-0.4, -0.2) is 13.0 Å². The predicted octanol–water partition coefficient (Wildman–Crippen LogP) is 2.31. The zero-order valence-corrected chi connectivity index (χ0v) is 8.60. The number of anilines is 1. The molecular formula is C12H15NO. The van der Waals surface area contributed by atoms with Crippen molar-refractivity contribution in [1.29, 1.82) is 0 Å². The van der Waals surface area contributed by atoms with E-state index in [4.69, 9.17) is 0 Å². The Balaban J connectivity index is 2.09. The highest BCUT2D eigenvalue weighted by Gasteiger charge is 2.40. The lowest BCUT2D eigenvalue weighted by Gasteiger charge is -2.16. The Labute approximate surface area is 84.5 Å². The minimum atomic E-state index is 0.253. The molecule has 1 saturated carbocycles. The van der Waals surface area contributed by atoms with Crippen molar-refractivity contribution in [3.63, 3.8) is 0 Å². The third kappa shape index (κ3) is 1.65. The van der Waals surface area contributed by atoms with Gasteiger partial charge in [0.1, 0.15) is 0 Å². The number of para-hydroxylation sites is 1. The fourth-order valence-corrected chi connectivity index (χ4v) is 1.69. The maximum absolute atomic E-state index is 11.8. The molecule has 0 bridgehead atoms. The summed E-state index contributed by atoms with van der Waals surface area (Å²) in [6.07, 6.45) is 1.05. The summed E-state index contributed by atoms with van der Waals surface area (Å²) >= 11 is 0. The molecule has 2 heteroatoms. The zero-order chi connectivity index (χ0) is 10.1. The van der Waals surface area contributed by atoms with Gasteiger partial charge in [-0.2, -0.15) is 0 Å². The van der Waals surface area contributed by atoms with Crippen molar-refractivity contribution < 1.29 is 4.79 Å². The first-order valence-electron chi connectivity index (χ1n) is 5.03. The first kappa shape index (κ1) is 9.25. The molecule has 2 unspecified atom stereocenters. The number of amides is 1. The van der Waals surface area contributed by atoms with E-state index in [1.54, 1.807) is 4.90 Å². The molecule has 0 aromatic heterocycles. The molecule has 14 heavy (non-hydrogen) atoms. The fraction of sp³-hybridized carbons (Fsp3) is 0.417. The molecule has 2 nitrogen and oxygen atoms in total. The van der Waals surface area contributed by atoms with Gasteiger partial charge in [-0.1, -0.05) is 25.1 Å². The second kappa shape index (κ2) is 3.45. The Morgan fingerprint density at radius 2 is 1.93 bits per heavy atom. The largest absolute Gasteiger partial charge is 0.315 e. The number of rotatable bonds is 2. The SMILES string of the molecule is CC1CC1C(=O)N(C)c1ccccc1. The van der Waals surface area contributed by atoms with Crippen LogP contribution < -0.4 is 4.90 Å². The van der Waals surface area contributed by atoms with Crippen molar-refractivity contribution >= 4 is 11.6 Å². The van der Waals surface area contributed by atoms with Crippen LogP contribution in [0.15, 0.2) is 30.3 Å². The van der Waals surface area contributed by atoms with Crippen LogP contribution in [0, 0.1) is 11.8 Å². The molecule has 74 valence electrons. The van der Waals surface area contributed by atoms with Crippen LogP contribution in [0.2, 0.25) is 0 Å². The first-order valence-corrected chi connectivity index (χ1v) is 5.03. The van der Waals surface area contributed by atoms with Gasteiger partial charge >= 0.3 is 0 Å². The number of hydrogen-bond acceptors (Lipinski definition) is 1. The van der Waals surface area contributed by atoms with Crippen LogP contribution in [0.4, 0.5) is 5.69 Å². The van der Waals surface area contributed by atoms with Gasteiger partial charge in [-0.05, 0) is 24.5 Å². The second-order valence-electron chi connectivity index (χ2n) is 4.05. The molecule has 1 aliphatic carbocycles. The van der Waals surface area contributed by atoms with Crippen molar-refractivity contribution in [2.75, 3.05) is 11.9 Å². The van der Waals surface area contributed by atoms with E-state index in [-0.39, 0.29) is 11.8 Å². The third-order valence-corrected chi connectivity index (χ3v) is 2.90. The quantitative estimate of drug-likeness (QED) is 0.699. The molecule has 1 aromatic carbocycles. The van der Waals surface area contributed by atoms with E-state index >= 15 is 0 Å². The molecule has 0 radical (unpaired) electrons. The van der Waals surface area contributed by atoms with Gasteiger partial charge in [-0.3, -0.25) is 4.79 Å². The van der Waals surface area contributed by atoms with E-state index in [0.29, 0.717) is 5.92 Å². The molecule has 0 aliphatic heterocycles. The Bertz CT molecular complexity index is 333. The van der Waals surface area contributed by atoms with Crippen LogP contribution in [-0.2, 0) is 4.79 Å². The van der Waals surface area contributed by atoms with Gasteiger partial charge in [0, 0.05) is 18.7 Å². The highest BCUT2D eigenvalue weighted by Crippen LogP contribution is 2.39. The van der Waals surface area contributed by atoms with Gasteiger partial charge in [0.05, 0.1) is 0 Å². The molecule has 2 atom stereocenters. The minimum Gasteiger partial charge on any atom is -0.315 e. The average molecular weight is 189 g/mol. The highest BCUT2D eigenvalue weighted by molar-refractivity contribution is 5.96. The zero-order valence-electron chi connectivity index (χ0n) is 8.60. The Morgan fingerprint density at radius 3 is 2.43 bits per heavy atom. The van der Waals surface area contributed by atoms with E-state index in [2.05, 4.69) is 6.92 Å². The van der Waals surface area contributed by atoms with E-state index < -0.39 is 0 Å². The van der Waals surface area contributed by atoms with Gasteiger partial charge in [-0.25, -0.2) is 0 Å². The molecule has 0 heterocycles. The van der Waals surface area contributed by atoms with Gasteiger partial charge in [0.25, 0.3) is 0 Å².